The van der Waals surface area contributed by atoms with Crippen molar-refractivity contribution in [1.82, 2.24) is 15.2 Å². The van der Waals surface area contributed by atoms with Crippen LogP contribution < -0.4 is 10.8 Å². The average Bonchev–Trinajstić information content (AvgIpc) is 3.12. The standard InChI is InChI=1S/C24H38BN3O/c1-5-7-20(8-6-2)27-21-9-11-24(14-21,17(3)4)23(29)28-12-10-22-18(16-28)13-19(25)15-26-22/h13,15,17,20-21,27H,5-12,14,16H2,1-4H3/t21-,24+/m1/s1. The van der Waals surface area contributed by atoms with Crippen LogP contribution in [0.3, 0.4) is 0 Å². The molecule has 1 saturated carbocycles. The molecule has 158 valence electrons. The summed E-state index contributed by atoms with van der Waals surface area (Å²) in [5, 5.41) is 3.91. The number of fused-ring (bicyclic) bond motifs is 1. The molecule has 29 heavy (non-hydrogen) atoms. The van der Waals surface area contributed by atoms with Gasteiger partial charge in [-0.2, -0.15) is 0 Å². The number of pyridine rings is 1. The molecule has 1 aromatic heterocycles. The number of carbonyl (C=O) groups is 1. The second-order valence-corrected chi connectivity index (χ2v) is 9.54. The summed E-state index contributed by atoms with van der Waals surface area (Å²) in [6, 6.07) is 3.03. The van der Waals surface area contributed by atoms with Gasteiger partial charge in [-0.1, -0.05) is 52.1 Å². The molecule has 0 saturated heterocycles. The van der Waals surface area contributed by atoms with Crippen molar-refractivity contribution in [3.63, 3.8) is 0 Å². The lowest BCUT2D eigenvalue weighted by molar-refractivity contribution is -0.145. The van der Waals surface area contributed by atoms with Crippen LogP contribution in [0.4, 0.5) is 0 Å². The number of amides is 1. The Morgan fingerprint density at radius 3 is 2.72 bits per heavy atom. The molecule has 2 atom stereocenters. The fourth-order valence-electron chi connectivity index (χ4n) is 5.46. The monoisotopic (exact) mass is 395 g/mol. The van der Waals surface area contributed by atoms with Crippen molar-refractivity contribution in [2.75, 3.05) is 6.54 Å². The minimum absolute atomic E-state index is 0.244. The second kappa shape index (κ2) is 9.64. The predicted molar refractivity (Wildman–Crippen MR) is 120 cm³/mol. The Hall–Kier alpha value is -1.36. The summed E-state index contributed by atoms with van der Waals surface area (Å²) in [6.07, 6.45) is 10.5. The van der Waals surface area contributed by atoms with Gasteiger partial charge >= 0.3 is 0 Å². The van der Waals surface area contributed by atoms with E-state index in [0.717, 1.165) is 43.5 Å². The first kappa shape index (κ1) is 22.3. The lowest BCUT2D eigenvalue weighted by Gasteiger charge is -2.39. The fourth-order valence-corrected chi connectivity index (χ4v) is 5.46. The molecule has 0 bridgehead atoms. The van der Waals surface area contributed by atoms with Crippen LogP contribution >= 0.6 is 0 Å². The van der Waals surface area contributed by atoms with Crippen molar-refractivity contribution in [2.45, 2.75) is 97.7 Å². The number of nitrogens with one attached hydrogen (secondary N) is 1. The SMILES string of the molecule is [B]c1cnc2c(c1)CN(C(=O)[C@@]1(C(C)C)CC[C@@H](NC(CCC)CCC)C1)CC2. The summed E-state index contributed by atoms with van der Waals surface area (Å²) < 4.78 is 0. The predicted octanol–water partition coefficient (Wildman–Crippen LogP) is 3.51. The van der Waals surface area contributed by atoms with Gasteiger partial charge in [0.05, 0.1) is 5.41 Å². The molecule has 1 amide bonds. The molecule has 1 aliphatic heterocycles. The Bertz CT molecular complexity index is 701. The van der Waals surface area contributed by atoms with Crippen molar-refractivity contribution >= 4 is 19.2 Å². The van der Waals surface area contributed by atoms with Crippen LogP contribution in [-0.2, 0) is 17.8 Å². The Labute approximate surface area is 178 Å². The summed E-state index contributed by atoms with van der Waals surface area (Å²) in [5.74, 6) is 0.686. The van der Waals surface area contributed by atoms with Gasteiger partial charge in [-0.15, -0.1) is 0 Å². The van der Waals surface area contributed by atoms with E-state index in [1.54, 1.807) is 6.20 Å². The average molecular weight is 395 g/mol. The van der Waals surface area contributed by atoms with Crippen LogP contribution in [0.5, 0.6) is 0 Å². The van der Waals surface area contributed by atoms with Crippen LogP contribution in [0, 0.1) is 11.3 Å². The lowest BCUT2D eigenvalue weighted by atomic mass is 9.74. The van der Waals surface area contributed by atoms with Crippen LogP contribution in [0.15, 0.2) is 12.3 Å². The molecule has 4 nitrogen and oxygen atoms in total. The van der Waals surface area contributed by atoms with Crippen LogP contribution in [0.2, 0.25) is 0 Å². The molecule has 1 fully saturated rings. The zero-order valence-electron chi connectivity index (χ0n) is 18.8. The number of rotatable bonds is 8. The molecule has 2 radical (unpaired) electrons. The molecule has 5 heteroatoms. The Kier molecular flexibility index (Phi) is 7.42. The van der Waals surface area contributed by atoms with Crippen LogP contribution in [0.25, 0.3) is 0 Å². The van der Waals surface area contributed by atoms with E-state index >= 15 is 0 Å². The minimum atomic E-state index is -0.244. The molecule has 2 aliphatic rings. The maximum atomic E-state index is 13.8. The summed E-state index contributed by atoms with van der Waals surface area (Å²) in [5.41, 5.74) is 2.64. The molecule has 0 spiro atoms. The van der Waals surface area contributed by atoms with E-state index in [0.29, 0.717) is 35.9 Å². The maximum Gasteiger partial charge on any atom is 0.229 e. The third-order valence-corrected chi connectivity index (χ3v) is 7.17. The zero-order valence-corrected chi connectivity index (χ0v) is 18.8. The van der Waals surface area contributed by atoms with Crippen molar-refractivity contribution in [1.29, 1.82) is 0 Å². The summed E-state index contributed by atoms with van der Waals surface area (Å²) in [6.45, 7) is 10.4. The highest BCUT2D eigenvalue weighted by Gasteiger charge is 2.49. The van der Waals surface area contributed by atoms with E-state index in [1.165, 1.54) is 25.7 Å². The van der Waals surface area contributed by atoms with Gasteiger partial charge in [0, 0.05) is 43.5 Å². The van der Waals surface area contributed by atoms with Gasteiger partial charge in [-0.25, -0.2) is 0 Å². The lowest BCUT2D eigenvalue weighted by Crippen LogP contribution is -2.48. The van der Waals surface area contributed by atoms with E-state index < -0.39 is 0 Å². The van der Waals surface area contributed by atoms with E-state index in [-0.39, 0.29) is 5.41 Å². The van der Waals surface area contributed by atoms with Gasteiger partial charge in [-0.3, -0.25) is 9.78 Å². The minimum Gasteiger partial charge on any atom is -0.337 e. The Morgan fingerprint density at radius 1 is 1.34 bits per heavy atom. The van der Waals surface area contributed by atoms with E-state index in [9.17, 15) is 4.79 Å². The van der Waals surface area contributed by atoms with Crippen LogP contribution in [-0.4, -0.2) is 42.3 Å². The number of hydrogen-bond donors (Lipinski definition) is 1. The molecule has 2 heterocycles. The van der Waals surface area contributed by atoms with E-state index in [2.05, 4.69) is 42.9 Å². The molecule has 1 aliphatic carbocycles. The maximum absolute atomic E-state index is 13.8. The highest BCUT2D eigenvalue weighted by atomic mass is 16.2. The van der Waals surface area contributed by atoms with Crippen molar-refractivity contribution in [3.8, 4) is 0 Å². The zero-order chi connectivity index (χ0) is 21.0. The number of nitrogens with zero attached hydrogens (tertiary/aromatic N) is 2. The molecule has 1 N–H and O–H groups in total. The largest absolute Gasteiger partial charge is 0.337 e. The normalized spacial score (nSPS) is 24.3. The van der Waals surface area contributed by atoms with Crippen LogP contribution in [0.1, 0.15) is 83.9 Å². The molecule has 3 rings (SSSR count). The molecule has 0 unspecified atom stereocenters. The third kappa shape index (κ3) is 4.87. The number of aromatic nitrogens is 1. The number of carbonyl (C=O) groups excluding carboxylic acids is 1. The summed E-state index contributed by atoms with van der Waals surface area (Å²) in [4.78, 5) is 20.3. The summed E-state index contributed by atoms with van der Waals surface area (Å²) >= 11 is 0. The Balaban J connectivity index is 1.72. The Morgan fingerprint density at radius 2 is 2.07 bits per heavy atom. The first-order valence-electron chi connectivity index (χ1n) is 11.7. The second-order valence-electron chi connectivity index (χ2n) is 9.54. The molecular formula is C24H38BN3O. The first-order chi connectivity index (χ1) is 13.9. The molecule has 1 aromatic rings. The van der Waals surface area contributed by atoms with Crippen molar-refractivity contribution < 1.29 is 4.79 Å². The van der Waals surface area contributed by atoms with E-state index in [1.807, 2.05) is 6.07 Å². The molecular weight excluding hydrogens is 357 g/mol. The van der Waals surface area contributed by atoms with Crippen molar-refractivity contribution in [2.24, 2.45) is 11.3 Å². The third-order valence-electron chi connectivity index (χ3n) is 7.17. The van der Waals surface area contributed by atoms with Gasteiger partial charge in [0.25, 0.3) is 0 Å². The smallest absolute Gasteiger partial charge is 0.229 e. The van der Waals surface area contributed by atoms with Gasteiger partial charge < -0.3 is 10.2 Å². The van der Waals surface area contributed by atoms with Gasteiger partial charge in [-0.05, 0) is 43.6 Å². The highest BCUT2D eigenvalue weighted by molar-refractivity contribution is 6.32. The van der Waals surface area contributed by atoms with E-state index in [4.69, 9.17) is 7.85 Å². The quantitative estimate of drug-likeness (QED) is 0.686. The topological polar surface area (TPSA) is 45.2 Å². The van der Waals surface area contributed by atoms with Gasteiger partial charge in [0.1, 0.15) is 7.85 Å². The van der Waals surface area contributed by atoms with Crippen molar-refractivity contribution in [3.05, 3.63) is 23.5 Å². The number of hydrogen-bond acceptors (Lipinski definition) is 3. The van der Waals surface area contributed by atoms with Gasteiger partial charge in [0.15, 0.2) is 0 Å². The summed E-state index contributed by atoms with van der Waals surface area (Å²) in [7, 11) is 5.94. The molecule has 0 aromatic carbocycles. The fraction of sp³-hybridized carbons (Fsp3) is 0.750. The highest BCUT2D eigenvalue weighted by Crippen LogP contribution is 2.46. The first-order valence-corrected chi connectivity index (χ1v) is 11.7. The van der Waals surface area contributed by atoms with Gasteiger partial charge in [0.2, 0.25) is 5.91 Å².